The number of fused-ring (bicyclic) bond motifs is 3. The first-order valence-corrected chi connectivity index (χ1v) is 22.9. The summed E-state index contributed by atoms with van der Waals surface area (Å²) in [5, 5.41) is 13.8. The van der Waals surface area contributed by atoms with E-state index in [9.17, 15) is 9.59 Å². The third-order valence-electron chi connectivity index (χ3n) is 11.7. The number of ether oxygens (including phenoxy) is 1. The number of hydrogen-bond donors (Lipinski definition) is 2. The van der Waals surface area contributed by atoms with Gasteiger partial charge >= 0.3 is 6.09 Å². The highest BCUT2D eigenvalue weighted by molar-refractivity contribution is 6.99. The van der Waals surface area contributed by atoms with Crippen LogP contribution in [0.1, 0.15) is 84.7 Å². The minimum atomic E-state index is -2.93. The van der Waals surface area contributed by atoms with Crippen molar-refractivity contribution in [2.75, 3.05) is 17.2 Å². The number of aromatic nitrogens is 4. The number of pyridine rings is 2. The number of halogens is 1. The van der Waals surface area contributed by atoms with Crippen molar-refractivity contribution < 1.29 is 23.1 Å². The highest BCUT2D eigenvalue weighted by Gasteiger charge is 2.52. The molecule has 1 aliphatic carbocycles. The lowest BCUT2D eigenvalue weighted by atomic mass is 9.95. The Balaban J connectivity index is 1.19. The largest absolute Gasteiger partial charge is 0.444 e. The van der Waals surface area contributed by atoms with Crippen LogP contribution in [0.2, 0.25) is 5.04 Å². The third kappa shape index (κ3) is 8.16. The van der Waals surface area contributed by atoms with E-state index in [0.29, 0.717) is 53.8 Å². The molecule has 1 unspecified atom stereocenters. The molecular weight excluding hydrogens is 786 g/mol. The Morgan fingerprint density at radius 3 is 2.21 bits per heavy atom. The Hall–Kier alpha value is -5.92. The number of amides is 2. The molecule has 316 valence electrons. The van der Waals surface area contributed by atoms with Crippen LogP contribution in [-0.4, -0.2) is 63.2 Å². The maximum absolute atomic E-state index is 17.2. The summed E-state index contributed by atoms with van der Waals surface area (Å²) in [6.45, 7) is 16.8. The fraction of sp³-hybridized carbons (Fsp3) is 0.354. The molecule has 2 N–H and O–H groups in total. The number of nitrogens with zero attached hydrogens (tertiary/aromatic N) is 5. The van der Waals surface area contributed by atoms with Crippen molar-refractivity contribution in [2.24, 2.45) is 0 Å². The molecule has 13 heteroatoms. The van der Waals surface area contributed by atoms with E-state index in [0.717, 1.165) is 16.8 Å². The van der Waals surface area contributed by atoms with Crippen molar-refractivity contribution in [3.05, 3.63) is 120 Å². The van der Waals surface area contributed by atoms with Crippen LogP contribution in [0.4, 0.5) is 26.5 Å². The van der Waals surface area contributed by atoms with Gasteiger partial charge in [-0.1, -0.05) is 81.4 Å². The number of hydrogen-bond acceptors (Lipinski definition) is 8. The lowest BCUT2D eigenvalue weighted by Gasteiger charge is -2.44. The molecule has 0 bridgehead atoms. The predicted molar refractivity (Wildman–Crippen MR) is 241 cm³/mol. The van der Waals surface area contributed by atoms with Gasteiger partial charge in [-0.25, -0.2) is 14.2 Å². The van der Waals surface area contributed by atoms with E-state index in [2.05, 4.69) is 84.9 Å². The van der Waals surface area contributed by atoms with Gasteiger partial charge in [-0.05, 0) is 86.0 Å². The van der Waals surface area contributed by atoms with Gasteiger partial charge in [-0.15, -0.1) is 0 Å². The monoisotopic (exact) mass is 839 g/mol. The summed E-state index contributed by atoms with van der Waals surface area (Å²) >= 11 is 0. The highest BCUT2D eigenvalue weighted by Crippen LogP contribution is 2.47. The Bertz CT molecular complexity index is 2560. The predicted octanol–water partition coefficient (Wildman–Crippen LogP) is 9.08. The minimum Gasteiger partial charge on any atom is -0.444 e. The molecule has 0 saturated carbocycles. The van der Waals surface area contributed by atoms with E-state index in [1.54, 1.807) is 43.8 Å². The summed E-state index contributed by atoms with van der Waals surface area (Å²) < 4.78 is 32.1. The molecular formula is C48H54FN7O4Si. The highest BCUT2D eigenvalue weighted by atomic mass is 28.4. The van der Waals surface area contributed by atoms with E-state index < -0.39 is 25.8 Å². The van der Waals surface area contributed by atoms with E-state index in [1.165, 1.54) is 16.6 Å². The second kappa shape index (κ2) is 16.2. The van der Waals surface area contributed by atoms with Crippen molar-refractivity contribution in [1.29, 1.82) is 0 Å². The van der Waals surface area contributed by atoms with Crippen LogP contribution in [0.5, 0.6) is 0 Å². The lowest BCUT2D eigenvalue weighted by molar-refractivity contribution is -0.133. The number of anilines is 3. The fourth-order valence-electron chi connectivity index (χ4n) is 8.92. The minimum absolute atomic E-state index is 0.0227. The summed E-state index contributed by atoms with van der Waals surface area (Å²) in [5.74, 6) is 0.408. The third-order valence-corrected chi connectivity index (χ3v) is 16.7. The summed E-state index contributed by atoms with van der Waals surface area (Å²) in [6, 6.07) is 26.7. The molecule has 6 aromatic rings. The van der Waals surface area contributed by atoms with Crippen molar-refractivity contribution in [3.63, 3.8) is 0 Å². The first-order valence-electron chi connectivity index (χ1n) is 21.0. The smallest absolute Gasteiger partial charge is 0.412 e. The average Bonchev–Trinajstić information content (AvgIpc) is 3.75. The first-order chi connectivity index (χ1) is 29.0. The number of nitrogens with one attached hydrogen (secondary N) is 2. The maximum atomic E-state index is 17.2. The van der Waals surface area contributed by atoms with Crippen molar-refractivity contribution in [3.8, 4) is 11.1 Å². The van der Waals surface area contributed by atoms with Crippen LogP contribution in [0.25, 0.3) is 21.9 Å². The molecule has 2 amide bonds. The summed E-state index contributed by atoms with van der Waals surface area (Å²) in [4.78, 5) is 37.4. The van der Waals surface area contributed by atoms with Crippen LogP contribution < -0.4 is 21.0 Å². The number of rotatable bonds is 9. The molecule has 1 atom stereocenters. The topological polar surface area (TPSA) is 124 Å². The van der Waals surface area contributed by atoms with Crippen LogP contribution in [0, 0.1) is 5.82 Å². The van der Waals surface area contributed by atoms with Gasteiger partial charge in [0.2, 0.25) is 5.91 Å². The first kappa shape index (κ1) is 41.8. The summed E-state index contributed by atoms with van der Waals surface area (Å²) in [6.07, 6.45) is 6.04. The summed E-state index contributed by atoms with van der Waals surface area (Å²) in [7, 11) is -2.93. The van der Waals surface area contributed by atoms with Gasteiger partial charge in [0.05, 0.1) is 11.8 Å². The number of carbonyl (C=O) groups is 2. The van der Waals surface area contributed by atoms with Gasteiger partial charge in [0.25, 0.3) is 8.32 Å². The van der Waals surface area contributed by atoms with Crippen LogP contribution in [0.15, 0.2) is 97.5 Å². The zero-order valence-corrected chi connectivity index (χ0v) is 37.2. The van der Waals surface area contributed by atoms with Crippen LogP contribution in [-0.2, 0) is 33.3 Å². The Morgan fingerprint density at radius 1 is 0.885 bits per heavy atom. The van der Waals surface area contributed by atoms with Crippen LogP contribution in [0.3, 0.4) is 0 Å². The molecule has 0 fully saturated rings. The Kier molecular flexibility index (Phi) is 11.1. The average molecular weight is 840 g/mol. The molecule has 8 rings (SSSR count). The van der Waals surface area contributed by atoms with Gasteiger partial charge in [0.1, 0.15) is 18.0 Å². The van der Waals surface area contributed by atoms with E-state index >= 15 is 4.39 Å². The van der Waals surface area contributed by atoms with Crippen molar-refractivity contribution in [2.45, 2.75) is 104 Å². The van der Waals surface area contributed by atoms with Crippen molar-refractivity contribution >= 4 is 58.8 Å². The molecule has 4 heterocycles. The number of benzene rings is 3. The molecule has 3 aromatic heterocycles. The van der Waals surface area contributed by atoms with E-state index in [4.69, 9.17) is 19.2 Å². The molecule has 61 heavy (non-hydrogen) atoms. The van der Waals surface area contributed by atoms with E-state index in [-0.39, 0.29) is 40.9 Å². The molecule has 2 aliphatic rings. The SMILES string of the molecule is CC(C)N1CCc2cc(Nc3cc4cc(-c5cncc6c5CCC6O[Si](c5ccccc5)(c5ccccc5)C(C)(C)C)c(F)c(NC(=O)OC(C)(C)C)c4cn3)nn2CC1=O. The molecule has 0 spiro atoms. The Morgan fingerprint density at radius 2 is 1.57 bits per heavy atom. The standard InChI is InChI=1S/C48H54FN7O4Si/c1-30(2)55-22-21-32-25-42(54-56(32)29-43(55)57)52-41-24-31-23-36(44(49)45(37(31)28-51-41)53-46(58)59-47(3,4)5)38-26-50-27-39-35(38)19-20-40(39)60-61(48(6,7)8,33-15-11-9-12-16-33)34-17-13-10-14-18-34/h9-18,23-28,30,40H,19-22,29H2,1-8H3,(H,53,58)(H,51,52,54). The van der Waals surface area contributed by atoms with Crippen molar-refractivity contribution in [1.82, 2.24) is 24.6 Å². The van der Waals surface area contributed by atoms with Gasteiger partial charge < -0.3 is 19.4 Å². The molecule has 11 nitrogen and oxygen atoms in total. The quantitative estimate of drug-likeness (QED) is 0.138. The molecule has 0 radical (unpaired) electrons. The number of carbonyl (C=O) groups excluding carboxylic acids is 2. The van der Waals surface area contributed by atoms with Gasteiger partial charge in [0, 0.05) is 71.4 Å². The second-order valence-corrected chi connectivity index (χ2v) is 22.6. The maximum Gasteiger partial charge on any atom is 0.412 e. The zero-order chi connectivity index (χ0) is 43.3. The van der Waals surface area contributed by atoms with Gasteiger partial charge in [-0.3, -0.25) is 19.8 Å². The van der Waals surface area contributed by atoms with Gasteiger partial charge in [-0.2, -0.15) is 5.10 Å². The lowest BCUT2D eigenvalue weighted by Crippen LogP contribution is -2.66. The molecule has 0 saturated heterocycles. The summed E-state index contributed by atoms with van der Waals surface area (Å²) in [5.41, 5.74) is 2.88. The normalized spacial score (nSPS) is 15.7. The molecule has 3 aromatic carbocycles. The Labute approximate surface area is 357 Å². The van der Waals surface area contributed by atoms with Crippen LogP contribution >= 0.6 is 0 Å². The van der Waals surface area contributed by atoms with Gasteiger partial charge in [0.15, 0.2) is 11.6 Å². The molecule has 1 aliphatic heterocycles. The second-order valence-electron chi connectivity index (χ2n) is 18.3. The fourth-order valence-corrected chi connectivity index (χ4v) is 13.6. The zero-order valence-electron chi connectivity index (χ0n) is 36.2. The van der Waals surface area contributed by atoms with E-state index in [1.807, 2.05) is 43.1 Å².